The van der Waals surface area contributed by atoms with Gasteiger partial charge in [0.25, 0.3) is 0 Å². The van der Waals surface area contributed by atoms with Crippen molar-refractivity contribution < 1.29 is 55.1 Å². The van der Waals surface area contributed by atoms with Crippen molar-refractivity contribution in [1.82, 2.24) is 0 Å². The molecule has 0 spiro atoms. The Morgan fingerprint density at radius 2 is 1.62 bits per heavy atom. The monoisotopic (exact) mass is 356 g/mol. The molecule has 0 amide bonds. The lowest BCUT2D eigenvalue weighted by Crippen LogP contribution is -2.82. The van der Waals surface area contributed by atoms with Crippen LogP contribution in [0.3, 0.4) is 0 Å². The Balaban J connectivity index is 2.42. The number of hydrogen-bond acceptors (Lipinski definition) is 11. The summed E-state index contributed by atoms with van der Waals surface area (Å²) in [6.45, 7) is -2.38. The van der Waals surface area contributed by atoms with E-state index in [0.29, 0.717) is 0 Å². The van der Waals surface area contributed by atoms with Crippen molar-refractivity contribution in [3.05, 3.63) is 0 Å². The van der Waals surface area contributed by atoms with Gasteiger partial charge in [0.05, 0.1) is 19.8 Å². The van der Waals surface area contributed by atoms with Crippen LogP contribution in [0.25, 0.3) is 0 Å². The highest BCUT2D eigenvalue weighted by atomic mass is 16.7. The highest BCUT2D eigenvalue weighted by molar-refractivity contribution is 5.18. The molecule has 11 nitrogen and oxygen atoms in total. The summed E-state index contributed by atoms with van der Waals surface area (Å²) in [6.07, 6.45) is -12.1. The highest BCUT2D eigenvalue weighted by Gasteiger charge is 2.70. The van der Waals surface area contributed by atoms with Crippen molar-refractivity contribution in [2.45, 2.75) is 54.1 Å². The summed E-state index contributed by atoms with van der Waals surface area (Å²) < 4.78 is 15.0. The average molecular weight is 356 g/mol. The third-order valence-corrected chi connectivity index (χ3v) is 4.83. The van der Waals surface area contributed by atoms with Crippen molar-refractivity contribution in [2.24, 2.45) is 0 Å². The minimum atomic E-state index is -2.81. The number of aliphatic hydroxyl groups excluding tert-OH is 6. The molecule has 0 aromatic carbocycles. The van der Waals surface area contributed by atoms with Gasteiger partial charge in [-0.05, 0) is 0 Å². The molecule has 2 rings (SSSR count). The van der Waals surface area contributed by atoms with Gasteiger partial charge in [-0.2, -0.15) is 0 Å². The molecule has 0 saturated carbocycles. The lowest BCUT2D eigenvalue weighted by atomic mass is 9.67. The second-order valence-corrected chi connectivity index (χ2v) is 6.06. The molecule has 24 heavy (non-hydrogen) atoms. The Labute approximate surface area is 137 Å². The summed E-state index contributed by atoms with van der Waals surface area (Å²) in [6, 6.07) is 0. The number of hydrogen-bond donors (Lipinski definition) is 8. The van der Waals surface area contributed by atoms with E-state index in [4.69, 9.17) is 19.3 Å². The molecular formula is C13H24O11. The van der Waals surface area contributed by atoms with Crippen LogP contribution in [-0.2, 0) is 14.2 Å². The van der Waals surface area contributed by atoms with Gasteiger partial charge in [0.15, 0.2) is 17.5 Å². The summed E-state index contributed by atoms with van der Waals surface area (Å²) in [7, 11) is 1.16. The van der Waals surface area contributed by atoms with E-state index in [9.17, 15) is 35.7 Å². The molecular weight excluding hydrogens is 332 g/mol. The topological polar surface area (TPSA) is 190 Å². The van der Waals surface area contributed by atoms with Gasteiger partial charge >= 0.3 is 0 Å². The van der Waals surface area contributed by atoms with E-state index in [1.54, 1.807) is 0 Å². The van der Waals surface area contributed by atoms with E-state index >= 15 is 0 Å². The lowest BCUT2D eigenvalue weighted by molar-refractivity contribution is -0.389. The molecule has 2 aliphatic heterocycles. The summed E-state index contributed by atoms with van der Waals surface area (Å²) in [5, 5.41) is 80.7. The second-order valence-electron chi connectivity index (χ2n) is 6.06. The van der Waals surface area contributed by atoms with E-state index in [0.717, 1.165) is 7.11 Å². The van der Waals surface area contributed by atoms with Crippen LogP contribution in [0.4, 0.5) is 0 Å². The molecule has 0 unspecified atom stereocenters. The Hall–Kier alpha value is -0.440. The van der Waals surface area contributed by atoms with Crippen LogP contribution in [0.1, 0.15) is 0 Å². The summed E-state index contributed by atoms with van der Waals surface area (Å²) >= 11 is 0. The van der Waals surface area contributed by atoms with Crippen molar-refractivity contribution in [2.75, 3.05) is 26.9 Å². The third-order valence-electron chi connectivity index (χ3n) is 4.83. The van der Waals surface area contributed by atoms with Gasteiger partial charge in [-0.25, -0.2) is 0 Å². The fraction of sp³-hybridized carbons (Fsp3) is 1.00. The van der Waals surface area contributed by atoms with Crippen molar-refractivity contribution in [3.63, 3.8) is 0 Å². The molecule has 8 N–H and O–H groups in total. The molecule has 9 atom stereocenters. The molecule has 0 radical (unpaired) electrons. The van der Waals surface area contributed by atoms with Crippen molar-refractivity contribution in [3.8, 4) is 0 Å². The average Bonchev–Trinajstić information content (AvgIpc) is 2.58. The van der Waals surface area contributed by atoms with E-state index < -0.39 is 73.9 Å². The van der Waals surface area contributed by atoms with Crippen molar-refractivity contribution in [1.29, 1.82) is 0 Å². The van der Waals surface area contributed by atoms with Crippen LogP contribution >= 0.6 is 0 Å². The van der Waals surface area contributed by atoms with Crippen LogP contribution in [0, 0.1) is 0 Å². The summed E-state index contributed by atoms with van der Waals surface area (Å²) in [5.41, 5.74) is -5.53. The first-order valence-corrected chi connectivity index (χ1v) is 7.37. The first-order valence-electron chi connectivity index (χ1n) is 7.37. The van der Waals surface area contributed by atoms with Gasteiger partial charge in [-0.1, -0.05) is 0 Å². The summed E-state index contributed by atoms with van der Waals surface area (Å²) in [4.78, 5) is 0. The van der Waals surface area contributed by atoms with Crippen LogP contribution < -0.4 is 0 Å². The van der Waals surface area contributed by atoms with Crippen LogP contribution in [-0.4, -0.2) is 122 Å². The summed E-state index contributed by atoms with van der Waals surface area (Å²) in [5.74, 6) is 0. The first kappa shape index (κ1) is 19.9. The largest absolute Gasteiger partial charge is 0.394 e. The maximum atomic E-state index is 10.9. The van der Waals surface area contributed by atoms with E-state index in [1.165, 1.54) is 0 Å². The number of methoxy groups -OCH3 is 1. The zero-order valence-corrected chi connectivity index (χ0v) is 13.0. The van der Waals surface area contributed by atoms with Gasteiger partial charge in [-0.3, -0.25) is 0 Å². The normalized spacial score (nSPS) is 53.1. The number of rotatable bonds is 4. The second kappa shape index (κ2) is 7.05. The predicted octanol–water partition coefficient (Wildman–Crippen LogP) is -5.35. The number of ether oxygens (including phenoxy) is 3. The Morgan fingerprint density at radius 3 is 2.12 bits per heavy atom. The molecule has 2 heterocycles. The number of aliphatic hydroxyl groups is 8. The molecule has 0 aliphatic carbocycles. The fourth-order valence-electron chi connectivity index (χ4n) is 3.27. The van der Waals surface area contributed by atoms with E-state index in [-0.39, 0.29) is 0 Å². The molecule has 0 bridgehead atoms. The SMILES string of the molecule is CO[C@H]1O[C@H](CO)[C@](O)([C@@]2(O)CO[C@H](CO)[C@H](O)[C@@H]2O)[C@H](O)[C@H]1O. The Kier molecular flexibility index (Phi) is 5.84. The van der Waals surface area contributed by atoms with Crippen LogP contribution in [0.2, 0.25) is 0 Å². The Bertz CT molecular complexity index is 432. The minimum Gasteiger partial charge on any atom is -0.394 e. The first-order chi connectivity index (χ1) is 11.2. The van der Waals surface area contributed by atoms with Crippen LogP contribution in [0.15, 0.2) is 0 Å². The van der Waals surface area contributed by atoms with Gasteiger partial charge in [0.2, 0.25) is 0 Å². The molecule has 2 saturated heterocycles. The van der Waals surface area contributed by atoms with Gasteiger partial charge in [-0.15, -0.1) is 0 Å². The zero-order chi connectivity index (χ0) is 18.3. The predicted molar refractivity (Wildman–Crippen MR) is 73.5 cm³/mol. The lowest BCUT2D eigenvalue weighted by Gasteiger charge is -2.57. The fourth-order valence-corrected chi connectivity index (χ4v) is 3.27. The zero-order valence-electron chi connectivity index (χ0n) is 13.0. The maximum Gasteiger partial charge on any atom is 0.186 e. The van der Waals surface area contributed by atoms with Gasteiger partial charge in [0.1, 0.15) is 36.6 Å². The molecule has 0 aromatic rings. The van der Waals surface area contributed by atoms with Gasteiger partial charge in [0, 0.05) is 7.11 Å². The third kappa shape index (κ3) is 2.66. The van der Waals surface area contributed by atoms with E-state index in [2.05, 4.69) is 0 Å². The Morgan fingerprint density at radius 1 is 1.00 bits per heavy atom. The molecule has 0 aromatic heterocycles. The van der Waals surface area contributed by atoms with Gasteiger partial charge < -0.3 is 55.1 Å². The van der Waals surface area contributed by atoms with Crippen molar-refractivity contribution >= 4 is 0 Å². The van der Waals surface area contributed by atoms with Crippen LogP contribution in [0.5, 0.6) is 0 Å². The molecule has 2 fully saturated rings. The van der Waals surface area contributed by atoms with E-state index in [1.807, 2.05) is 0 Å². The quantitative estimate of drug-likeness (QED) is 0.240. The maximum absolute atomic E-state index is 10.9. The molecule has 142 valence electrons. The standard InChI is InChI=1S/C13H24O11/c1-22-11-8(17)10(19)13(21,6(3-15)24-11)12(20)4-23-5(2-14)7(16)9(12)18/h5-11,14-21H,2-4H2,1H3/t5-,6-,7+,8-,9+,10-,11+,12-,13-/m1/s1. The molecule has 11 heteroatoms. The smallest absolute Gasteiger partial charge is 0.186 e. The molecule has 2 aliphatic rings. The highest BCUT2D eigenvalue weighted by Crippen LogP contribution is 2.43. The minimum absolute atomic E-state index is 0.663.